The first-order chi connectivity index (χ1) is 7.88. The first kappa shape index (κ1) is 13.4. The third-order valence-electron chi connectivity index (χ3n) is 2.26. The molecule has 2 N–H and O–H groups in total. The summed E-state index contributed by atoms with van der Waals surface area (Å²) in [5.74, 6) is -0.724. The molecule has 1 rings (SSSR count). The molecule has 17 heavy (non-hydrogen) atoms. The molecule has 0 aliphatic heterocycles. The van der Waals surface area contributed by atoms with Gasteiger partial charge in [0.25, 0.3) is 0 Å². The van der Waals surface area contributed by atoms with Crippen LogP contribution in [0, 0.1) is 0 Å². The summed E-state index contributed by atoms with van der Waals surface area (Å²) in [5.41, 5.74) is 4.14. The second-order valence-corrected chi connectivity index (χ2v) is 3.54. The van der Waals surface area contributed by atoms with Gasteiger partial charge in [0.1, 0.15) is 0 Å². The Morgan fingerprint density at radius 3 is 2.53 bits per heavy atom. The lowest BCUT2D eigenvalue weighted by Gasteiger charge is -2.14. The van der Waals surface area contributed by atoms with E-state index in [0.29, 0.717) is 0 Å². The molecule has 0 aliphatic carbocycles. The Balaban J connectivity index is 3.14. The minimum Gasteiger partial charge on any atom is -0.321 e. The van der Waals surface area contributed by atoms with Crippen LogP contribution in [0.15, 0.2) is 36.9 Å². The van der Waals surface area contributed by atoms with Gasteiger partial charge in [-0.2, -0.15) is 13.2 Å². The first-order valence-corrected chi connectivity index (χ1v) is 4.95. The molecule has 0 aromatic heterocycles. The summed E-state index contributed by atoms with van der Waals surface area (Å²) in [6, 6.07) is 3.62. The molecule has 1 aromatic rings. The highest BCUT2D eigenvalue weighted by Crippen LogP contribution is 2.32. The summed E-state index contributed by atoms with van der Waals surface area (Å²) >= 11 is 0. The lowest BCUT2D eigenvalue weighted by molar-refractivity contribution is -0.137. The zero-order valence-electron chi connectivity index (χ0n) is 9.00. The minimum atomic E-state index is -4.56. The maximum Gasteiger partial charge on any atom is 0.417 e. The zero-order valence-corrected chi connectivity index (χ0v) is 9.00. The fourth-order valence-electron chi connectivity index (χ4n) is 1.43. The van der Waals surface area contributed by atoms with Gasteiger partial charge in [0, 0.05) is 5.56 Å². The normalized spacial score (nSPS) is 13.2. The minimum absolute atomic E-state index is 0.144. The predicted octanol–water partition coefficient (Wildman–Crippen LogP) is 2.79. The van der Waals surface area contributed by atoms with Gasteiger partial charge in [0.05, 0.1) is 11.6 Å². The van der Waals surface area contributed by atoms with E-state index >= 15 is 0 Å². The second kappa shape index (κ2) is 5.14. The second-order valence-electron chi connectivity index (χ2n) is 3.54. The van der Waals surface area contributed by atoms with Crippen LogP contribution in [0.25, 0.3) is 0 Å². The number of benzene rings is 1. The van der Waals surface area contributed by atoms with E-state index in [-0.39, 0.29) is 6.42 Å². The molecule has 0 aliphatic rings. The molecule has 0 radical (unpaired) electrons. The van der Waals surface area contributed by atoms with Crippen molar-refractivity contribution in [3.8, 4) is 0 Å². The van der Waals surface area contributed by atoms with Gasteiger partial charge in [-0.1, -0.05) is 24.3 Å². The van der Waals surface area contributed by atoms with E-state index in [1.165, 1.54) is 18.2 Å². The topological polar surface area (TPSA) is 43.1 Å². The van der Waals surface area contributed by atoms with Crippen LogP contribution in [-0.4, -0.2) is 11.8 Å². The summed E-state index contributed by atoms with van der Waals surface area (Å²) in [5, 5.41) is 0. The predicted molar refractivity (Wildman–Crippen MR) is 58.6 cm³/mol. The van der Waals surface area contributed by atoms with Crippen LogP contribution in [0.2, 0.25) is 0 Å². The quantitative estimate of drug-likeness (QED) is 0.652. The lowest BCUT2D eigenvalue weighted by atomic mass is 9.97. The molecular formula is C12H12F3NO. The maximum absolute atomic E-state index is 12.6. The van der Waals surface area contributed by atoms with Crippen LogP contribution >= 0.6 is 0 Å². The molecule has 1 aromatic carbocycles. The van der Waals surface area contributed by atoms with Gasteiger partial charge in [-0.05, 0) is 12.5 Å². The summed E-state index contributed by atoms with van der Waals surface area (Å²) in [6.45, 7) is 3.39. The summed E-state index contributed by atoms with van der Waals surface area (Å²) in [4.78, 5) is 11.7. The highest BCUT2D eigenvalue weighted by Gasteiger charge is 2.35. The molecule has 0 amide bonds. The molecule has 1 unspecified atom stereocenters. The number of hydrogen-bond donors (Lipinski definition) is 1. The standard InChI is InChI=1S/C12H12F3NO/c1-2-5-10(16)11(17)8-6-3-4-7-9(8)12(13,14)15/h2-4,6-7,10H,1,5,16H2. The van der Waals surface area contributed by atoms with Crippen molar-refractivity contribution < 1.29 is 18.0 Å². The molecule has 0 saturated carbocycles. The van der Waals surface area contributed by atoms with Gasteiger partial charge in [-0.3, -0.25) is 4.79 Å². The fourth-order valence-corrected chi connectivity index (χ4v) is 1.43. The largest absolute Gasteiger partial charge is 0.417 e. The van der Waals surface area contributed by atoms with E-state index in [1.807, 2.05) is 0 Å². The van der Waals surface area contributed by atoms with Crippen molar-refractivity contribution in [3.63, 3.8) is 0 Å². The summed E-state index contributed by atoms with van der Waals surface area (Å²) in [7, 11) is 0. The van der Waals surface area contributed by atoms with Crippen LogP contribution in [0.4, 0.5) is 13.2 Å². The van der Waals surface area contributed by atoms with E-state index in [0.717, 1.165) is 12.1 Å². The maximum atomic E-state index is 12.6. The van der Waals surface area contributed by atoms with Crippen molar-refractivity contribution in [1.82, 2.24) is 0 Å². The van der Waals surface area contributed by atoms with Gasteiger partial charge in [0.15, 0.2) is 5.78 Å². The lowest BCUT2D eigenvalue weighted by Crippen LogP contribution is -2.31. The van der Waals surface area contributed by atoms with Gasteiger partial charge in [-0.15, -0.1) is 6.58 Å². The Hall–Kier alpha value is -1.62. The third kappa shape index (κ3) is 3.17. The number of carbonyl (C=O) groups excluding carboxylic acids is 1. The van der Waals surface area contributed by atoms with Crippen molar-refractivity contribution in [2.75, 3.05) is 0 Å². The van der Waals surface area contributed by atoms with Gasteiger partial charge < -0.3 is 5.73 Å². The molecular weight excluding hydrogens is 231 g/mol. The van der Waals surface area contributed by atoms with Gasteiger partial charge in [0.2, 0.25) is 0 Å². The van der Waals surface area contributed by atoms with Crippen molar-refractivity contribution in [2.45, 2.75) is 18.6 Å². The van der Waals surface area contributed by atoms with E-state index in [4.69, 9.17) is 5.73 Å². The average Bonchev–Trinajstić information content (AvgIpc) is 2.27. The average molecular weight is 243 g/mol. The van der Waals surface area contributed by atoms with Gasteiger partial charge in [-0.25, -0.2) is 0 Å². The Morgan fingerprint density at radius 1 is 1.41 bits per heavy atom. The number of Topliss-reactive ketones (excluding diaryl/α,β-unsaturated/α-hetero) is 1. The molecule has 0 bridgehead atoms. The summed E-state index contributed by atoms with van der Waals surface area (Å²) in [6.07, 6.45) is -3.01. The molecule has 1 atom stereocenters. The number of halogens is 3. The highest BCUT2D eigenvalue weighted by molar-refractivity contribution is 6.01. The monoisotopic (exact) mass is 243 g/mol. The molecule has 0 spiro atoms. The van der Waals surface area contributed by atoms with Crippen molar-refractivity contribution in [3.05, 3.63) is 48.0 Å². The van der Waals surface area contributed by atoms with Crippen LogP contribution in [0.1, 0.15) is 22.3 Å². The number of nitrogens with two attached hydrogens (primary N) is 1. The smallest absolute Gasteiger partial charge is 0.321 e. The number of ketones is 1. The van der Waals surface area contributed by atoms with Gasteiger partial charge >= 0.3 is 6.18 Å². The van der Waals surface area contributed by atoms with Crippen LogP contribution in [-0.2, 0) is 6.18 Å². The Kier molecular flexibility index (Phi) is 4.07. The molecule has 0 saturated heterocycles. The number of carbonyl (C=O) groups is 1. The third-order valence-corrected chi connectivity index (χ3v) is 2.26. The molecule has 92 valence electrons. The van der Waals surface area contributed by atoms with Crippen LogP contribution < -0.4 is 5.73 Å². The van der Waals surface area contributed by atoms with Crippen molar-refractivity contribution in [1.29, 1.82) is 0 Å². The van der Waals surface area contributed by atoms with Crippen molar-refractivity contribution >= 4 is 5.78 Å². The van der Waals surface area contributed by atoms with E-state index in [9.17, 15) is 18.0 Å². The first-order valence-electron chi connectivity index (χ1n) is 4.95. The number of alkyl halides is 3. The summed E-state index contributed by atoms with van der Waals surface area (Å²) < 4.78 is 37.9. The number of hydrogen-bond acceptors (Lipinski definition) is 2. The highest BCUT2D eigenvalue weighted by atomic mass is 19.4. The molecule has 5 heteroatoms. The Bertz CT molecular complexity index is 426. The van der Waals surface area contributed by atoms with Crippen molar-refractivity contribution in [2.24, 2.45) is 5.73 Å². The molecule has 0 fully saturated rings. The van der Waals surface area contributed by atoms with E-state index in [1.54, 1.807) is 0 Å². The zero-order chi connectivity index (χ0) is 13.1. The SMILES string of the molecule is C=CCC(N)C(=O)c1ccccc1C(F)(F)F. The molecule has 2 nitrogen and oxygen atoms in total. The Morgan fingerprint density at radius 2 is 2.00 bits per heavy atom. The fraction of sp³-hybridized carbons (Fsp3) is 0.250. The van der Waals surface area contributed by atoms with Crippen LogP contribution in [0.3, 0.4) is 0 Å². The van der Waals surface area contributed by atoms with E-state index < -0.39 is 29.1 Å². The number of rotatable bonds is 4. The molecule has 0 heterocycles. The Labute approximate surface area is 96.9 Å². The van der Waals surface area contributed by atoms with E-state index in [2.05, 4.69) is 6.58 Å². The van der Waals surface area contributed by atoms with Crippen LogP contribution in [0.5, 0.6) is 0 Å².